The normalized spacial score (nSPS) is 10.9. The number of pyridine rings is 1. The molecule has 0 radical (unpaired) electrons. The van der Waals surface area contributed by atoms with Crippen LogP contribution in [-0.2, 0) is 4.74 Å². The molecule has 0 fully saturated rings. The van der Waals surface area contributed by atoms with Gasteiger partial charge in [-0.05, 0) is 6.42 Å². The van der Waals surface area contributed by atoms with E-state index in [-0.39, 0.29) is 24.8 Å². The molecule has 0 amide bonds. The first kappa shape index (κ1) is 16.5. The molecular formula is C12H17F4N3O. The van der Waals surface area contributed by atoms with Gasteiger partial charge in [0.1, 0.15) is 6.61 Å². The van der Waals surface area contributed by atoms with E-state index in [2.05, 4.69) is 20.4 Å². The fourth-order valence-electron chi connectivity index (χ4n) is 1.37. The summed E-state index contributed by atoms with van der Waals surface area (Å²) in [5, 5.41) is 5.29. The quantitative estimate of drug-likeness (QED) is 0.543. The minimum absolute atomic E-state index is 0.0272. The average molecular weight is 295 g/mol. The fraction of sp³-hybridized carbons (Fsp3) is 0.583. The summed E-state index contributed by atoms with van der Waals surface area (Å²) in [4.78, 5) is 3.77. The minimum Gasteiger partial charge on any atom is -0.374 e. The Morgan fingerprint density at radius 1 is 1.15 bits per heavy atom. The number of hydrogen-bond donors (Lipinski definition) is 2. The summed E-state index contributed by atoms with van der Waals surface area (Å²) in [6.45, 7) is 1.79. The molecule has 0 unspecified atom stereocenters. The number of nitrogens with zero attached hydrogens (tertiary/aromatic N) is 1. The zero-order chi connectivity index (χ0) is 15.0. The van der Waals surface area contributed by atoms with Gasteiger partial charge in [-0.15, -0.1) is 0 Å². The first-order chi connectivity index (χ1) is 9.54. The largest absolute Gasteiger partial charge is 0.374 e. The second-order valence-electron chi connectivity index (χ2n) is 3.97. The first-order valence-corrected chi connectivity index (χ1v) is 6.24. The third kappa shape index (κ3) is 5.60. The number of rotatable bonds is 9. The number of aromatic nitrogens is 1. The number of ether oxygens (including phenoxy) is 1. The molecule has 8 heteroatoms. The Balaban J connectivity index is 2.51. The lowest BCUT2D eigenvalue weighted by molar-refractivity contribution is 0.0214. The van der Waals surface area contributed by atoms with Crippen LogP contribution >= 0.6 is 0 Å². The molecule has 0 aliphatic carbocycles. The van der Waals surface area contributed by atoms with Crippen molar-refractivity contribution < 1.29 is 22.3 Å². The molecule has 0 aromatic carbocycles. The van der Waals surface area contributed by atoms with E-state index in [9.17, 15) is 17.6 Å². The lowest BCUT2D eigenvalue weighted by Gasteiger charge is -2.11. The van der Waals surface area contributed by atoms with Crippen LogP contribution in [0, 0.1) is 11.6 Å². The molecule has 0 saturated heterocycles. The van der Waals surface area contributed by atoms with Gasteiger partial charge in [-0.3, -0.25) is 0 Å². The molecule has 4 nitrogen and oxygen atoms in total. The highest BCUT2D eigenvalue weighted by Gasteiger charge is 2.11. The maximum atomic E-state index is 13.4. The molecule has 1 heterocycles. The van der Waals surface area contributed by atoms with Crippen molar-refractivity contribution in [2.75, 3.05) is 36.9 Å². The summed E-state index contributed by atoms with van der Waals surface area (Å²) in [7, 11) is 0. The van der Waals surface area contributed by atoms with Crippen molar-refractivity contribution in [3.05, 3.63) is 17.7 Å². The smallest absolute Gasteiger partial charge is 0.261 e. The Hall–Kier alpha value is -1.57. The zero-order valence-corrected chi connectivity index (χ0v) is 11.1. The van der Waals surface area contributed by atoms with Crippen molar-refractivity contribution in [1.29, 1.82) is 0 Å². The van der Waals surface area contributed by atoms with E-state index in [4.69, 9.17) is 0 Å². The molecule has 20 heavy (non-hydrogen) atoms. The topological polar surface area (TPSA) is 46.2 Å². The maximum Gasteiger partial charge on any atom is 0.261 e. The molecule has 0 aliphatic heterocycles. The number of alkyl halides is 2. The molecule has 0 saturated carbocycles. The van der Waals surface area contributed by atoms with Crippen LogP contribution in [0.4, 0.5) is 29.2 Å². The molecule has 0 bridgehead atoms. The van der Waals surface area contributed by atoms with E-state index in [0.717, 1.165) is 6.42 Å². The predicted octanol–water partition coefficient (Wildman–Crippen LogP) is 2.88. The zero-order valence-electron chi connectivity index (χ0n) is 11.1. The summed E-state index contributed by atoms with van der Waals surface area (Å²) < 4.78 is 55.0. The van der Waals surface area contributed by atoms with Crippen molar-refractivity contribution in [2.45, 2.75) is 19.8 Å². The van der Waals surface area contributed by atoms with Gasteiger partial charge in [0.2, 0.25) is 0 Å². The minimum atomic E-state index is -2.54. The maximum absolute atomic E-state index is 13.4. The monoisotopic (exact) mass is 295 g/mol. The Labute approximate surface area is 114 Å². The molecule has 1 aromatic heterocycles. The Kier molecular flexibility index (Phi) is 7.06. The molecule has 0 spiro atoms. The van der Waals surface area contributed by atoms with Crippen LogP contribution in [0.1, 0.15) is 13.3 Å². The van der Waals surface area contributed by atoms with Crippen molar-refractivity contribution in [1.82, 2.24) is 4.98 Å². The molecule has 0 atom stereocenters. The molecule has 1 aromatic rings. The van der Waals surface area contributed by atoms with Gasteiger partial charge in [0.05, 0.1) is 6.61 Å². The third-order valence-electron chi connectivity index (χ3n) is 2.25. The lowest BCUT2D eigenvalue weighted by atomic mass is 10.3. The summed E-state index contributed by atoms with van der Waals surface area (Å²) in [5.41, 5.74) is 0. The van der Waals surface area contributed by atoms with E-state index in [1.165, 1.54) is 0 Å². The van der Waals surface area contributed by atoms with Gasteiger partial charge < -0.3 is 15.4 Å². The Morgan fingerprint density at radius 3 is 2.30 bits per heavy atom. The fourth-order valence-corrected chi connectivity index (χ4v) is 1.37. The van der Waals surface area contributed by atoms with Crippen LogP contribution in [0.15, 0.2) is 6.07 Å². The Morgan fingerprint density at radius 2 is 1.75 bits per heavy atom. The summed E-state index contributed by atoms with van der Waals surface area (Å²) in [6.07, 6.45) is -1.77. The van der Waals surface area contributed by atoms with Gasteiger partial charge in [0.25, 0.3) is 6.43 Å². The number of nitrogens with one attached hydrogen (secondary N) is 2. The molecule has 1 rings (SSSR count). The summed E-state index contributed by atoms with van der Waals surface area (Å²) in [6, 6.07) is 0.716. The van der Waals surface area contributed by atoms with Gasteiger partial charge in [0, 0.05) is 19.2 Å². The average Bonchev–Trinajstić information content (AvgIpc) is 2.39. The number of anilines is 2. The molecule has 0 aliphatic rings. The molecular weight excluding hydrogens is 278 g/mol. The van der Waals surface area contributed by atoms with Gasteiger partial charge >= 0.3 is 0 Å². The highest BCUT2D eigenvalue weighted by molar-refractivity contribution is 5.47. The van der Waals surface area contributed by atoms with Gasteiger partial charge in [0.15, 0.2) is 23.3 Å². The first-order valence-electron chi connectivity index (χ1n) is 6.24. The van der Waals surface area contributed by atoms with Crippen molar-refractivity contribution >= 4 is 11.6 Å². The predicted molar refractivity (Wildman–Crippen MR) is 68.2 cm³/mol. The number of hydrogen-bond acceptors (Lipinski definition) is 4. The highest BCUT2D eigenvalue weighted by atomic mass is 19.3. The molecule has 114 valence electrons. The van der Waals surface area contributed by atoms with E-state index in [0.29, 0.717) is 12.6 Å². The highest BCUT2D eigenvalue weighted by Crippen LogP contribution is 2.18. The van der Waals surface area contributed by atoms with Crippen LogP contribution < -0.4 is 10.6 Å². The van der Waals surface area contributed by atoms with Crippen LogP contribution in [0.3, 0.4) is 0 Å². The summed E-state index contributed by atoms with van der Waals surface area (Å²) in [5.74, 6) is -1.83. The standard InChI is InChI=1S/C12H17F4N3O/c1-2-3-17-11-8(13)6-9(14)12(19-11)18-4-5-20-7-10(15)16/h6,10H,2-5,7H2,1H3,(H2,17,18,19). The second-order valence-corrected chi connectivity index (χ2v) is 3.97. The van der Waals surface area contributed by atoms with Gasteiger partial charge in [-0.2, -0.15) is 0 Å². The van der Waals surface area contributed by atoms with Crippen LogP contribution in [0.5, 0.6) is 0 Å². The van der Waals surface area contributed by atoms with E-state index < -0.39 is 24.7 Å². The van der Waals surface area contributed by atoms with Crippen LogP contribution in [-0.4, -0.2) is 37.7 Å². The second kappa shape index (κ2) is 8.57. The van der Waals surface area contributed by atoms with Crippen molar-refractivity contribution in [3.8, 4) is 0 Å². The SMILES string of the molecule is CCCNc1nc(NCCOCC(F)F)c(F)cc1F. The molecule has 2 N–H and O–H groups in total. The van der Waals surface area contributed by atoms with Crippen molar-refractivity contribution in [2.24, 2.45) is 0 Å². The Bertz CT molecular complexity index is 418. The van der Waals surface area contributed by atoms with E-state index in [1.807, 2.05) is 6.92 Å². The van der Waals surface area contributed by atoms with Crippen LogP contribution in [0.2, 0.25) is 0 Å². The lowest BCUT2D eigenvalue weighted by Crippen LogP contribution is -2.15. The van der Waals surface area contributed by atoms with Gasteiger partial charge in [-0.25, -0.2) is 22.5 Å². The summed E-state index contributed by atoms with van der Waals surface area (Å²) >= 11 is 0. The van der Waals surface area contributed by atoms with E-state index >= 15 is 0 Å². The third-order valence-corrected chi connectivity index (χ3v) is 2.25. The number of halogens is 4. The van der Waals surface area contributed by atoms with Crippen molar-refractivity contribution in [3.63, 3.8) is 0 Å². The van der Waals surface area contributed by atoms with Gasteiger partial charge in [-0.1, -0.05) is 6.92 Å². The van der Waals surface area contributed by atoms with E-state index in [1.54, 1.807) is 0 Å². The van der Waals surface area contributed by atoms with Crippen LogP contribution in [0.25, 0.3) is 0 Å².